The third-order valence-electron chi connectivity index (χ3n) is 3.32. The average molecular weight is 304 g/mol. The molecule has 3 N–H and O–H groups in total. The predicted octanol–water partition coefficient (Wildman–Crippen LogP) is 1.02. The van der Waals surface area contributed by atoms with Crippen LogP contribution in [0.3, 0.4) is 0 Å². The largest absolute Gasteiger partial charge is 0.382 e. The topological polar surface area (TPSA) is 88.3 Å². The highest BCUT2D eigenvalue weighted by atomic mass is 32.2. The molecular formula is C11H20N4O2S2. The first-order valence-electron chi connectivity index (χ1n) is 6.37. The minimum atomic E-state index is -3.33. The molecule has 19 heavy (non-hydrogen) atoms. The van der Waals surface area contributed by atoms with E-state index < -0.39 is 9.84 Å². The van der Waals surface area contributed by atoms with Crippen LogP contribution in [-0.4, -0.2) is 49.6 Å². The van der Waals surface area contributed by atoms with Crippen LogP contribution in [0.15, 0.2) is 4.90 Å². The predicted molar refractivity (Wildman–Crippen MR) is 78.4 cm³/mol. The van der Waals surface area contributed by atoms with Crippen LogP contribution in [0.2, 0.25) is 0 Å². The van der Waals surface area contributed by atoms with E-state index in [0.717, 1.165) is 37.5 Å². The van der Waals surface area contributed by atoms with Gasteiger partial charge in [0.2, 0.25) is 0 Å². The van der Waals surface area contributed by atoms with Gasteiger partial charge >= 0.3 is 0 Å². The SMILES string of the molecule is CCS(=O)(=O)c1c(N)nsc1NC1CCCN(C)C1. The number of likely N-dealkylation sites (tertiary alicyclic amines) is 1. The lowest BCUT2D eigenvalue weighted by atomic mass is 10.1. The van der Waals surface area contributed by atoms with Crippen molar-refractivity contribution in [1.82, 2.24) is 9.27 Å². The molecule has 1 atom stereocenters. The van der Waals surface area contributed by atoms with Crippen LogP contribution >= 0.6 is 11.5 Å². The number of anilines is 2. The summed E-state index contributed by atoms with van der Waals surface area (Å²) in [7, 11) is -1.27. The van der Waals surface area contributed by atoms with E-state index in [2.05, 4.69) is 21.6 Å². The molecule has 1 saturated heterocycles. The third kappa shape index (κ3) is 3.18. The Balaban J connectivity index is 2.22. The standard InChI is InChI=1S/C11H20N4O2S2/c1-3-19(16,17)9-10(12)14-18-11(9)13-8-5-4-6-15(2)7-8/h8,13H,3-7H2,1-2H3,(H2,12,14). The summed E-state index contributed by atoms with van der Waals surface area (Å²) in [4.78, 5) is 2.41. The molecule has 0 amide bonds. The molecule has 6 nitrogen and oxygen atoms in total. The Kier molecular flexibility index (Phi) is 4.32. The van der Waals surface area contributed by atoms with E-state index in [0.29, 0.717) is 5.00 Å². The van der Waals surface area contributed by atoms with E-state index >= 15 is 0 Å². The fourth-order valence-corrected chi connectivity index (χ4v) is 4.53. The molecular weight excluding hydrogens is 284 g/mol. The van der Waals surface area contributed by atoms with Crippen molar-refractivity contribution in [2.45, 2.75) is 30.7 Å². The Bertz CT molecular complexity index is 541. The number of rotatable bonds is 4. The fourth-order valence-electron chi connectivity index (χ4n) is 2.30. The smallest absolute Gasteiger partial charge is 0.184 e. The molecule has 0 aromatic carbocycles. The second-order valence-electron chi connectivity index (χ2n) is 4.88. The van der Waals surface area contributed by atoms with Crippen molar-refractivity contribution in [3.8, 4) is 0 Å². The van der Waals surface area contributed by atoms with E-state index in [9.17, 15) is 8.42 Å². The van der Waals surface area contributed by atoms with Crippen molar-refractivity contribution in [1.29, 1.82) is 0 Å². The van der Waals surface area contributed by atoms with Gasteiger partial charge in [-0.3, -0.25) is 0 Å². The van der Waals surface area contributed by atoms with Crippen molar-refractivity contribution < 1.29 is 8.42 Å². The lowest BCUT2D eigenvalue weighted by Gasteiger charge is -2.30. The number of piperidine rings is 1. The molecule has 8 heteroatoms. The van der Waals surface area contributed by atoms with Gasteiger partial charge in [0.25, 0.3) is 0 Å². The van der Waals surface area contributed by atoms with E-state index in [1.807, 2.05) is 0 Å². The second kappa shape index (κ2) is 5.64. The molecule has 1 aromatic heterocycles. The molecule has 1 unspecified atom stereocenters. The fraction of sp³-hybridized carbons (Fsp3) is 0.727. The lowest BCUT2D eigenvalue weighted by Crippen LogP contribution is -2.39. The second-order valence-corrected chi connectivity index (χ2v) is 7.86. The molecule has 0 aliphatic carbocycles. The monoisotopic (exact) mass is 304 g/mol. The van der Waals surface area contributed by atoms with E-state index in [1.54, 1.807) is 6.92 Å². The minimum Gasteiger partial charge on any atom is -0.382 e. The van der Waals surface area contributed by atoms with E-state index in [-0.39, 0.29) is 22.5 Å². The molecule has 1 fully saturated rings. The van der Waals surface area contributed by atoms with Crippen molar-refractivity contribution in [2.24, 2.45) is 0 Å². The van der Waals surface area contributed by atoms with Crippen LogP contribution < -0.4 is 11.1 Å². The number of nitrogens with zero attached hydrogens (tertiary/aromatic N) is 2. The summed E-state index contributed by atoms with van der Waals surface area (Å²) in [6, 6.07) is 0.254. The van der Waals surface area contributed by atoms with E-state index in [1.165, 1.54) is 0 Å². The number of aromatic nitrogens is 1. The number of nitrogen functional groups attached to an aromatic ring is 1. The van der Waals surface area contributed by atoms with Gasteiger partial charge in [-0.2, -0.15) is 4.37 Å². The van der Waals surface area contributed by atoms with Crippen LogP contribution in [0.4, 0.5) is 10.8 Å². The van der Waals surface area contributed by atoms with Gasteiger partial charge in [0.15, 0.2) is 15.7 Å². The first kappa shape index (κ1) is 14.5. The average Bonchev–Trinajstić information content (AvgIpc) is 2.71. The number of nitrogens with one attached hydrogen (secondary N) is 1. The van der Waals surface area contributed by atoms with Crippen LogP contribution in [0, 0.1) is 0 Å². The highest BCUT2D eigenvalue weighted by molar-refractivity contribution is 7.91. The molecule has 1 aliphatic heterocycles. The zero-order valence-corrected chi connectivity index (χ0v) is 12.9. The van der Waals surface area contributed by atoms with Crippen molar-refractivity contribution >= 4 is 32.2 Å². The van der Waals surface area contributed by atoms with Gasteiger partial charge in [-0.15, -0.1) is 0 Å². The van der Waals surface area contributed by atoms with Gasteiger partial charge in [-0.05, 0) is 38.0 Å². The molecule has 0 radical (unpaired) electrons. The Morgan fingerprint density at radius 2 is 2.32 bits per heavy atom. The van der Waals surface area contributed by atoms with Crippen molar-refractivity contribution in [3.05, 3.63) is 0 Å². The zero-order valence-electron chi connectivity index (χ0n) is 11.2. The Labute approximate surface area is 118 Å². The van der Waals surface area contributed by atoms with Crippen LogP contribution in [0.5, 0.6) is 0 Å². The maximum Gasteiger partial charge on any atom is 0.184 e. The van der Waals surface area contributed by atoms with Gasteiger partial charge in [0.05, 0.1) is 5.75 Å². The molecule has 0 bridgehead atoms. The summed E-state index contributed by atoms with van der Waals surface area (Å²) in [6.45, 7) is 3.61. The zero-order chi connectivity index (χ0) is 14.0. The lowest BCUT2D eigenvalue weighted by molar-refractivity contribution is 0.261. The van der Waals surface area contributed by atoms with Gasteiger partial charge in [-0.1, -0.05) is 6.92 Å². The number of sulfone groups is 1. The minimum absolute atomic E-state index is 0.0366. The molecule has 108 valence electrons. The molecule has 0 spiro atoms. The van der Waals surface area contributed by atoms with Crippen LogP contribution in [0.25, 0.3) is 0 Å². The number of hydrogen-bond acceptors (Lipinski definition) is 7. The van der Waals surface area contributed by atoms with Crippen LogP contribution in [0.1, 0.15) is 19.8 Å². The van der Waals surface area contributed by atoms with Gasteiger partial charge in [0.1, 0.15) is 9.90 Å². The highest BCUT2D eigenvalue weighted by Gasteiger charge is 2.26. The molecule has 1 aromatic rings. The first-order chi connectivity index (χ1) is 8.94. The first-order valence-corrected chi connectivity index (χ1v) is 8.79. The normalized spacial score (nSPS) is 21.5. The van der Waals surface area contributed by atoms with Gasteiger partial charge in [0, 0.05) is 12.6 Å². The third-order valence-corrected chi connectivity index (χ3v) is 6.04. The Morgan fingerprint density at radius 1 is 1.58 bits per heavy atom. The highest BCUT2D eigenvalue weighted by Crippen LogP contribution is 2.33. The molecule has 2 rings (SSSR count). The maximum atomic E-state index is 12.0. The Hall–Kier alpha value is -0.860. The van der Waals surface area contributed by atoms with Gasteiger partial charge in [-0.25, -0.2) is 8.42 Å². The number of likely N-dealkylation sites (N-methyl/N-ethyl adjacent to an activating group) is 1. The summed E-state index contributed by atoms with van der Waals surface area (Å²) >= 11 is 1.13. The molecule has 1 aliphatic rings. The Morgan fingerprint density at radius 3 is 2.95 bits per heavy atom. The summed E-state index contributed by atoms with van der Waals surface area (Å²) in [5.74, 6) is 0.146. The summed E-state index contributed by atoms with van der Waals surface area (Å²) in [5, 5.41) is 3.88. The number of hydrogen-bond donors (Lipinski definition) is 2. The summed E-state index contributed by atoms with van der Waals surface area (Å²) < 4.78 is 28.1. The summed E-state index contributed by atoms with van der Waals surface area (Å²) in [6.07, 6.45) is 2.14. The summed E-state index contributed by atoms with van der Waals surface area (Å²) in [5.41, 5.74) is 5.71. The quantitative estimate of drug-likeness (QED) is 0.863. The van der Waals surface area contributed by atoms with E-state index in [4.69, 9.17) is 5.73 Å². The van der Waals surface area contributed by atoms with Crippen LogP contribution in [-0.2, 0) is 9.84 Å². The van der Waals surface area contributed by atoms with Crippen molar-refractivity contribution in [3.63, 3.8) is 0 Å². The maximum absolute atomic E-state index is 12.0. The number of nitrogens with two attached hydrogens (primary N) is 1. The van der Waals surface area contributed by atoms with Crippen molar-refractivity contribution in [2.75, 3.05) is 36.9 Å². The molecule has 0 saturated carbocycles. The van der Waals surface area contributed by atoms with Gasteiger partial charge < -0.3 is 16.0 Å². The molecule has 2 heterocycles.